The summed E-state index contributed by atoms with van der Waals surface area (Å²) < 4.78 is 0. The van der Waals surface area contributed by atoms with Gasteiger partial charge in [-0.3, -0.25) is 0 Å². The molecule has 1 heterocycles. The van der Waals surface area contributed by atoms with E-state index in [2.05, 4.69) is 42.9 Å². The second-order valence-electron chi connectivity index (χ2n) is 6.22. The Kier molecular flexibility index (Phi) is 7.87. The third kappa shape index (κ3) is 6.72. The number of nitrogens with one attached hydrogen (secondary N) is 1. The Bertz CT molecular complexity index is 198. The summed E-state index contributed by atoms with van der Waals surface area (Å²) in [5, 5.41) is 3.31. The van der Waals surface area contributed by atoms with Crippen molar-refractivity contribution >= 4 is 0 Å². The molecule has 1 saturated heterocycles. The minimum Gasteiger partial charge on any atom is -0.317 e. The minimum absolute atomic E-state index is 0.674. The lowest BCUT2D eigenvalue weighted by Crippen LogP contribution is -2.47. The van der Waals surface area contributed by atoms with Gasteiger partial charge in [0.15, 0.2) is 0 Å². The van der Waals surface area contributed by atoms with Gasteiger partial charge in [-0.2, -0.15) is 0 Å². The van der Waals surface area contributed by atoms with Crippen LogP contribution in [0.25, 0.3) is 0 Å². The van der Waals surface area contributed by atoms with Gasteiger partial charge in [-0.25, -0.2) is 0 Å². The van der Waals surface area contributed by atoms with Crippen LogP contribution in [0.15, 0.2) is 0 Å². The zero-order valence-corrected chi connectivity index (χ0v) is 12.9. The number of rotatable bonds is 8. The Labute approximate surface area is 114 Å². The van der Waals surface area contributed by atoms with E-state index in [1.165, 1.54) is 58.5 Å². The highest BCUT2D eigenvalue weighted by Gasteiger charge is 2.16. The van der Waals surface area contributed by atoms with Crippen LogP contribution in [0.5, 0.6) is 0 Å². The second kappa shape index (κ2) is 8.89. The van der Waals surface area contributed by atoms with E-state index in [1.54, 1.807) is 0 Å². The van der Waals surface area contributed by atoms with Gasteiger partial charge in [0.05, 0.1) is 0 Å². The predicted molar refractivity (Wildman–Crippen MR) is 80.1 cm³/mol. The lowest BCUT2D eigenvalue weighted by molar-refractivity contribution is 0.120. The summed E-state index contributed by atoms with van der Waals surface area (Å²) in [6.45, 7) is 14.5. The second-order valence-corrected chi connectivity index (χ2v) is 6.22. The molecular formula is C15H33N3. The van der Waals surface area contributed by atoms with E-state index in [4.69, 9.17) is 0 Å². The molecule has 1 aliphatic heterocycles. The van der Waals surface area contributed by atoms with Crippen molar-refractivity contribution in [3.05, 3.63) is 0 Å². The maximum Gasteiger partial charge on any atom is 0.0110 e. The van der Waals surface area contributed by atoms with Crippen LogP contribution in [-0.4, -0.2) is 62.2 Å². The maximum absolute atomic E-state index is 3.31. The van der Waals surface area contributed by atoms with Gasteiger partial charge in [0.1, 0.15) is 0 Å². The Morgan fingerprint density at radius 3 is 2.11 bits per heavy atom. The molecule has 108 valence electrons. The van der Waals surface area contributed by atoms with Gasteiger partial charge < -0.3 is 15.1 Å². The van der Waals surface area contributed by atoms with E-state index < -0.39 is 0 Å². The predicted octanol–water partition coefficient (Wildman–Crippen LogP) is 2.04. The van der Waals surface area contributed by atoms with Crippen molar-refractivity contribution in [2.24, 2.45) is 5.92 Å². The highest BCUT2D eigenvalue weighted by atomic mass is 15.3. The van der Waals surface area contributed by atoms with E-state index in [9.17, 15) is 0 Å². The Hall–Kier alpha value is -0.120. The van der Waals surface area contributed by atoms with Crippen molar-refractivity contribution < 1.29 is 0 Å². The molecule has 3 heteroatoms. The molecule has 0 aromatic rings. The zero-order chi connectivity index (χ0) is 13.4. The van der Waals surface area contributed by atoms with Crippen LogP contribution >= 0.6 is 0 Å². The van der Waals surface area contributed by atoms with Crippen molar-refractivity contribution in [1.29, 1.82) is 0 Å². The quantitative estimate of drug-likeness (QED) is 0.670. The SMILES string of the molecule is CNC(C)CCCCN1CCN(CC(C)C)CC1. The number of piperazine rings is 1. The molecule has 1 unspecified atom stereocenters. The summed E-state index contributed by atoms with van der Waals surface area (Å²) in [6.07, 6.45) is 4.02. The fourth-order valence-electron chi connectivity index (χ4n) is 2.64. The van der Waals surface area contributed by atoms with Gasteiger partial charge in [-0.1, -0.05) is 20.3 Å². The molecule has 1 N–H and O–H groups in total. The molecule has 18 heavy (non-hydrogen) atoms. The molecule has 0 spiro atoms. The van der Waals surface area contributed by atoms with E-state index in [-0.39, 0.29) is 0 Å². The van der Waals surface area contributed by atoms with Gasteiger partial charge in [0.2, 0.25) is 0 Å². The summed E-state index contributed by atoms with van der Waals surface area (Å²) in [5.41, 5.74) is 0. The van der Waals surface area contributed by atoms with Crippen molar-refractivity contribution in [1.82, 2.24) is 15.1 Å². The van der Waals surface area contributed by atoms with Gasteiger partial charge in [0, 0.05) is 38.8 Å². The largest absolute Gasteiger partial charge is 0.317 e. The van der Waals surface area contributed by atoms with Crippen LogP contribution in [0.4, 0.5) is 0 Å². The highest BCUT2D eigenvalue weighted by molar-refractivity contribution is 4.72. The molecule has 3 nitrogen and oxygen atoms in total. The topological polar surface area (TPSA) is 18.5 Å². The number of hydrogen-bond donors (Lipinski definition) is 1. The lowest BCUT2D eigenvalue weighted by Gasteiger charge is -2.35. The lowest BCUT2D eigenvalue weighted by atomic mass is 10.1. The first-order valence-corrected chi connectivity index (χ1v) is 7.73. The molecule has 1 fully saturated rings. The first-order chi connectivity index (χ1) is 8.61. The smallest absolute Gasteiger partial charge is 0.0110 e. The molecule has 1 aliphatic rings. The van der Waals surface area contributed by atoms with E-state index in [0.29, 0.717) is 6.04 Å². The van der Waals surface area contributed by atoms with Crippen molar-refractivity contribution in [3.8, 4) is 0 Å². The Morgan fingerprint density at radius 2 is 1.56 bits per heavy atom. The fourth-order valence-corrected chi connectivity index (χ4v) is 2.64. The van der Waals surface area contributed by atoms with Crippen molar-refractivity contribution in [2.45, 2.75) is 46.1 Å². The average molecular weight is 255 g/mol. The van der Waals surface area contributed by atoms with Crippen LogP contribution in [0.1, 0.15) is 40.0 Å². The van der Waals surface area contributed by atoms with Crippen molar-refractivity contribution in [2.75, 3.05) is 46.3 Å². The molecule has 0 amide bonds. The third-order valence-corrected chi connectivity index (χ3v) is 3.94. The number of unbranched alkanes of at least 4 members (excludes halogenated alkanes) is 1. The maximum atomic E-state index is 3.31. The zero-order valence-electron chi connectivity index (χ0n) is 12.9. The van der Waals surface area contributed by atoms with Crippen LogP contribution in [-0.2, 0) is 0 Å². The average Bonchev–Trinajstić information content (AvgIpc) is 2.35. The molecular weight excluding hydrogens is 222 g/mol. The minimum atomic E-state index is 0.674. The number of nitrogens with zero attached hydrogens (tertiary/aromatic N) is 2. The summed E-state index contributed by atoms with van der Waals surface area (Å²) in [6, 6.07) is 0.674. The molecule has 0 saturated carbocycles. The first kappa shape index (κ1) is 15.9. The first-order valence-electron chi connectivity index (χ1n) is 7.73. The molecule has 0 radical (unpaired) electrons. The van der Waals surface area contributed by atoms with Crippen LogP contribution in [0.3, 0.4) is 0 Å². The summed E-state index contributed by atoms with van der Waals surface area (Å²) in [4.78, 5) is 5.26. The molecule has 0 aromatic carbocycles. The highest BCUT2D eigenvalue weighted by Crippen LogP contribution is 2.07. The van der Waals surface area contributed by atoms with Gasteiger partial charge >= 0.3 is 0 Å². The van der Waals surface area contributed by atoms with Gasteiger partial charge in [-0.05, 0) is 39.3 Å². The van der Waals surface area contributed by atoms with Crippen molar-refractivity contribution in [3.63, 3.8) is 0 Å². The molecule has 0 bridgehead atoms. The standard InChI is InChI=1S/C15H33N3/c1-14(2)13-18-11-9-17(10-12-18)8-6-5-7-15(3)16-4/h14-16H,5-13H2,1-4H3. The summed E-state index contributed by atoms with van der Waals surface area (Å²) in [5.74, 6) is 0.805. The van der Waals surface area contributed by atoms with Gasteiger partial charge in [0.25, 0.3) is 0 Å². The summed E-state index contributed by atoms with van der Waals surface area (Å²) >= 11 is 0. The van der Waals surface area contributed by atoms with Crippen LogP contribution in [0.2, 0.25) is 0 Å². The third-order valence-electron chi connectivity index (χ3n) is 3.94. The normalized spacial score (nSPS) is 20.5. The van der Waals surface area contributed by atoms with E-state index >= 15 is 0 Å². The number of hydrogen-bond acceptors (Lipinski definition) is 3. The Balaban J connectivity index is 2.02. The van der Waals surface area contributed by atoms with Crippen LogP contribution < -0.4 is 5.32 Å². The molecule has 1 atom stereocenters. The Morgan fingerprint density at radius 1 is 0.944 bits per heavy atom. The molecule has 1 rings (SSSR count). The fraction of sp³-hybridized carbons (Fsp3) is 1.00. The van der Waals surface area contributed by atoms with E-state index in [1.807, 2.05) is 0 Å². The van der Waals surface area contributed by atoms with Crippen LogP contribution in [0, 0.1) is 5.92 Å². The molecule has 0 aliphatic carbocycles. The summed E-state index contributed by atoms with van der Waals surface area (Å²) in [7, 11) is 2.05. The monoisotopic (exact) mass is 255 g/mol. The molecule has 0 aromatic heterocycles. The van der Waals surface area contributed by atoms with E-state index in [0.717, 1.165) is 5.92 Å². The van der Waals surface area contributed by atoms with Gasteiger partial charge in [-0.15, -0.1) is 0 Å².